The Bertz CT molecular complexity index is 1120. The number of ether oxygens (including phenoxy) is 1. The van der Waals surface area contributed by atoms with Gasteiger partial charge in [0, 0.05) is 19.5 Å². The molecule has 2 fully saturated rings. The van der Waals surface area contributed by atoms with Crippen molar-refractivity contribution >= 4 is 21.8 Å². The Labute approximate surface area is 195 Å². The average molecular weight is 471 g/mol. The van der Waals surface area contributed by atoms with Gasteiger partial charge in [-0.1, -0.05) is 30.3 Å². The molecule has 2 heterocycles. The molecule has 2 aromatic rings. The van der Waals surface area contributed by atoms with Gasteiger partial charge in [-0.15, -0.1) is 0 Å². The van der Waals surface area contributed by atoms with Crippen LogP contribution in [0.1, 0.15) is 36.8 Å². The number of carbonyl (C=O) groups is 2. The van der Waals surface area contributed by atoms with Crippen LogP contribution in [-0.2, 0) is 26.0 Å². The highest BCUT2D eigenvalue weighted by molar-refractivity contribution is 7.89. The van der Waals surface area contributed by atoms with E-state index in [2.05, 4.69) is 12.1 Å². The molecule has 2 aliphatic heterocycles. The summed E-state index contributed by atoms with van der Waals surface area (Å²) < 4.78 is 32.7. The third-order valence-corrected chi connectivity index (χ3v) is 8.49. The number of nitrogens with zero attached hydrogens (tertiary/aromatic N) is 2. The Hall–Kier alpha value is -2.87. The molecule has 2 aliphatic rings. The van der Waals surface area contributed by atoms with Crippen molar-refractivity contribution in [1.82, 2.24) is 9.21 Å². The van der Waals surface area contributed by atoms with Crippen molar-refractivity contribution in [2.24, 2.45) is 5.92 Å². The van der Waals surface area contributed by atoms with E-state index < -0.39 is 22.0 Å². The number of carbonyl (C=O) groups excluding carboxylic acids is 2. The maximum absolute atomic E-state index is 13.3. The minimum atomic E-state index is -4.14. The quantitative estimate of drug-likeness (QED) is 0.648. The van der Waals surface area contributed by atoms with Crippen LogP contribution >= 0.6 is 0 Å². The lowest BCUT2D eigenvalue weighted by molar-refractivity contribution is -0.139. The van der Waals surface area contributed by atoms with Crippen molar-refractivity contribution in [3.05, 3.63) is 59.7 Å². The smallest absolute Gasteiger partial charge is 0.267 e. The van der Waals surface area contributed by atoms with Crippen LogP contribution in [0.3, 0.4) is 0 Å². The SMILES string of the molecule is COc1ccc(S(=O)(=O)N2C(=O)CC[C@@H]2C(=O)N2CCC(Cc3ccccc3)CC2)cc1C. The Morgan fingerprint density at radius 3 is 2.39 bits per heavy atom. The highest BCUT2D eigenvalue weighted by Crippen LogP contribution is 2.32. The second-order valence-electron chi connectivity index (χ2n) is 8.84. The van der Waals surface area contributed by atoms with Gasteiger partial charge in [-0.05, 0) is 67.9 Å². The molecule has 0 unspecified atom stereocenters. The van der Waals surface area contributed by atoms with E-state index in [0.29, 0.717) is 30.3 Å². The van der Waals surface area contributed by atoms with Gasteiger partial charge in [0.2, 0.25) is 11.8 Å². The van der Waals surface area contributed by atoms with Gasteiger partial charge in [-0.2, -0.15) is 0 Å². The Morgan fingerprint density at radius 2 is 1.76 bits per heavy atom. The Balaban J connectivity index is 1.46. The van der Waals surface area contributed by atoms with E-state index in [4.69, 9.17) is 4.74 Å². The van der Waals surface area contributed by atoms with Crippen molar-refractivity contribution in [1.29, 1.82) is 0 Å². The number of likely N-dealkylation sites (tertiary alicyclic amines) is 1. The van der Waals surface area contributed by atoms with Gasteiger partial charge in [0.25, 0.3) is 10.0 Å². The van der Waals surface area contributed by atoms with Crippen molar-refractivity contribution in [3.8, 4) is 5.75 Å². The summed E-state index contributed by atoms with van der Waals surface area (Å²) in [7, 11) is -2.63. The van der Waals surface area contributed by atoms with Crippen LogP contribution in [0.4, 0.5) is 0 Å². The summed E-state index contributed by atoms with van der Waals surface area (Å²) in [6, 6.07) is 13.8. The maximum Gasteiger partial charge on any atom is 0.267 e. The third kappa shape index (κ3) is 4.76. The number of aryl methyl sites for hydroxylation is 1. The van der Waals surface area contributed by atoms with E-state index >= 15 is 0 Å². The minimum absolute atomic E-state index is 0.00424. The summed E-state index contributed by atoms with van der Waals surface area (Å²) in [5.41, 5.74) is 1.93. The molecule has 176 valence electrons. The second-order valence-corrected chi connectivity index (χ2v) is 10.7. The standard InChI is InChI=1S/C25H30N2O5S/c1-18-16-21(8-10-23(18)32-2)33(30,31)27-22(9-11-24(27)28)25(29)26-14-12-20(13-15-26)17-19-6-4-3-5-7-19/h3-8,10,16,20,22H,9,11-15,17H2,1-2H3/t22-/m1/s1. The highest BCUT2D eigenvalue weighted by atomic mass is 32.2. The minimum Gasteiger partial charge on any atom is -0.496 e. The van der Waals surface area contributed by atoms with Crippen LogP contribution in [0, 0.1) is 12.8 Å². The van der Waals surface area contributed by atoms with Gasteiger partial charge in [0.05, 0.1) is 12.0 Å². The van der Waals surface area contributed by atoms with Gasteiger partial charge < -0.3 is 9.64 Å². The molecule has 0 N–H and O–H groups in total. The molecule has 4 rings (SSSR count). The fraction of sp³-hybridized carbons (Fsp3) is 0.440. The van der Waals surface area contributed by atoms with Gasteiger partial charge in [0.15, 0.2) is 0 Å². The fourth-order valence-corrected chi connectivity index (χ4v) is 6.51. The third-order valence-electron chi connectivity index (χ3n) is 6.66. The van der Waals surface area contributed by atoms with Crippen molar-refractivity contribution in [3.63, 3.8) is 0 Å². The monoisotopic (exact) mass is 470 g/mol. The number of sulfonamides is 1. The fourth-order valence-electron chi connectivity index (χ4n) is 4.83. The zero-order chi connectivity index (χ0) is 23.6. The first kappa shape index (κ1) is 23.3. The van der Waals surface area contributed by atoms with Gasteiger partial charge in [0.1, 0.15) is 11.8 Å². The summed E-state index contributed by atoms with van der Waals surface area (Å²) in [5.74, 6) is 0.255. The van der Waals surface area contributed by atoms with E-state index in [1.807, 2.05) is 18.2 Å². The zero-order valence-electron chi connectivity index (χ0n) is 19.1. The molecular weight excluding hydrogens is 440 g/mol. The molecule has 0 spiro atoms. The molecule has 2 aromatic carbocycles. The van der Waals surface area contributed by atoms with Crippen LogP contribution < -0.4 is 4.74 Å². The number of piperidine rings is 1. The summed E-state index contributed by atoms with van der Waals surface area (Å²) in [5, 5.41) is 0. The number of amides is 2. The van der Waals surface area contributed by atoms with E-state index in [9.17, 15) is 18.0 Å². The molecule has 2 saturated heterocycles. The lowest BCUT2D eigenvalue weighted by Gasteiger charge is -2.35. The molecule has 7 nitrogen and oxygen atoms in total. The molecule has 0 aliphatic carbocycles. The summed E-state index contributed by atoms with van der Waals surface area (Å²) >= 11 is 0. The van der Waals surface area contributed by atoms with E-state index in [-0.39, 0.29) is 23.6 Å². The van der Waals surface area contributed by atoms with Crippen LogP contribution in [0.25, 0.3) is 0 Å². The molecule has 8 heteroatoms. The molecular formula is C25H30N2O5S. The first-order valence-electron chi connectivity index (χ1n) is 11.4. The van der Waals surface area contributed by atoms with Gasteiger partial charge in [-0.3, -0.25) is 9.59 Å². The zero-order valence-corrected chi connectivity index (χ0v) is 19.9. The van der Waals surface area contributed by atoms with E-state index in [1.165, 1.54) is 24.8 Å². The second kappa shape index (κ2) is 9.55. The van der Waals surface area contributed by atoms with Crippen molar-refractivity contribution in [2.45, 2.75) is 50.0 Å². The normalized spacial score (nSPS) is 19.7. The lowest BCUT2D eigenvalue weighted by Crippen LogP contribution is -2.51. The molecule has 0 radical (unpaired) electrons. The predicted molar refractivity (Wildman–Crippen MR) is 124 cm³/mol. The largest absolute Gasteiger partial charge is 0.496 e. The first-order chi connectivity index (χ1) is 15.8. The van der Waals surface area contributed by atoms with Crippen LogP contribution in [-0.4, -0.2) is 55.7 Å². The molecule has 2 amide bonds. The molecule has 0 aromatic heterocycles. The van der Waals surface area contributed by atoms with E-state index in [0.717, 1.165) is 23.6 Å². The van der Waals surface area contributed by atoms with Crippen LogP contribution in [0.5, 0.6) is 5.75 Å². The average Bonchev–Trinajstić information content (AvgIpc) is 3.22. The lowest BCUT2D eigenvalue weighted by atomic mass is 9.90. The summed E-state index contributed by atoms with van der Waals surface area (Å²) in [6.45, 7) is 2.90. The molecule has 0 bridgehead atoms. The molecule has 33 heavy (non-hydrogen) atoms. The Kier molecular flexibility index (Phi) is 6.74. The number of hydrogen-bond donors (Lipinski definition) is 0. The number of methoxy groups -OCH3 is 1. The molecule has 1 atom stereocenters. The first-order valence-corrected chi connectivity index (χ1v) is 12.8. The Morgan fingerprint density at radius 1 is 1.06 bits per heavy atom. The van der Waals surface area contributed by atoms with Crippen LogP contribution in [0.15, 0.2) is 53.4 Å². The summed E-state index contributed by atoms with van der Waals surface area (Å²) in [6.07, 6.45) is 2.98. The maximum atomic E-state index is 13.3. The van der Waals surface area contributed by atoms with Gasteiger partial charge in [-0.25, -0.2) is 12.7 Å². The number of benzene rings is 2. The van der Waals surface area contributed by atoms with E-state index in [1.54, 1.807) is 17.9 Å². The predicted octanol–water partition coefficient (Wildman–Crippen LogP) is 3.16. The number of hydrogen-bond acceptors (Lipinski definition) is 5. The summed E-state index contributed by atoms with van der Waals surface area (Å²) in [4.78, 5) is 27.6. The van der Waals surface area contributed by atoms with Crippen molar-refractivity contribution in [2.75, 3.05) is 20.2 Å². The van der Waals surface area contributed by atoms with Crippen molar-refractivity contribution < 1.29 is 22.7 Å². The number of rotatable bonds is 6. The van der Waals surface area contributed by atoms with Crippen LogP contribution in [0.2, 0.25) is 0 Å². The highest BCUT2D eigenvalue weighted by Gasteiger charge is 2.46. The molecule has 0 saturated carbocycles. The topological polar surface area (TPSA) is 84.0 Å². The van der Waals surface area contributed by atoms with Gasteiger partial charge >= 0.3 is 0 Å².